The summed E-state index contributed by atoms with van der Waals surface area (Å²) in [5.74, 6) is 4.90. The molecule has 14 aromatic carbocycles. The number of piperidine rings is 4. The Hall–Kier alpha value is -12.0. The third kappa shape index (κ3) is 9.74. The van der Waals surface area contributed by atoms with Crippen molar-refractivity contribution in [2.75, 3.05) is 29.8 Å². The molecule has 6 unspecified atom stereocenters. The highest BCUT2D eigenvalue weighted by Crippen LogP contribution is 2.63. The van der Waals surface area contributed by atoms with Crippen LogP contribution in [-0.4, -0.2) is 37.6 Å². The van der Waals surface area contributed by atoms with Crippen molar-refractivity contribution in [2.45, 2.75) is 94.8 Å². The molecular formula is C105H86B2N6. The molecule has 0 amide bonds. The van der Waals surface area contributed by atoms with Crippen LogP contribution in [0, 0.1) is 35.5 Å². The zero-order chi connectivity index (χ0) is 73.7. The zero-order valence-corrected chi connectivity index (χ0v) is 63.5. The minimum absolute atomic E-state index is 0.140. The maximum absolute atomic E-state index is 4.57. The molecule has 14 aromatic rings. The van der Waals surface area contributed by atoms with E-state index < -0.39 is 0 Å². The lowest BCUT2D eigenvalue weighted by Gasteiger charge is -2.66. The predicted octanol–water partition coefficient (Wildman–Crippen LogP) is 22.3. The van der Waals surface area contributed by atoms with Gasteiger partial charge < -0.3 is 29.8 Å². The molecule has 0 radical (unpaired) electrons. The molecule has 0 aromatic heterocycles. The maximum Gasteiger partial charge on any atom is 0.252 e. The number of anilines is 13. The lowest BCUT2D eigenvalue weighted by Crippen LogP contribution is -2.66. The smallest absolute Gasteiger partial charge is 0.252 e. The lowest BCUT2D eigenvalue weighted by molar-refractivity contribution is -0.0593. The molecule has 27 rings (SSSR count). The van der Waals surface area contributed by atoms with E-state index >= 15 is 0 Å². The summed E-state index contributed by atoms with van der Waals surface area (Å²) < 4.78 is 0. The van der Waals surface area contributed by atoms with E-state index in [-0.39, 0.29) is 13.4 Å². The second-order valence-corrected chi connectivity index (χ2v) is 34.9. The Labute approximate surface area is 664 Å². The summed E-state index contributed by atoms with van der Waals surface area (Å²) in [6, 6.07) is 126. The van der Waals surface area contributed by atoms with Crippen LogP contribution in [0.15, 0.2) is 322 Å². The topological polar surface area (TPSA) is 28.2 Å². The van der Waals surface area contributed by atoms with Gasteiger partial charge in [0.05, 0.1) is 17.1 Å². The lowest BCUT2D eigenvalue weighted by atomic mass is 9.30. The van der Waals surface area contributed by atoms with Gasteiger partial charge in [0, 0.05) is 114 Å². The summed E-state index contributed by atoms with van der Waals surface area (Å²) in [4.78, 5) is 14.3. The number of nitrogens with zero attached hydrogens (tertiary/aromatic N) is 5. The van der Waals surface area contributed by atoms with Crippen LogP contribution in [0.5, 0.6) is 0 Å². The van der Waals surface area contributed by atoms with Gasteiger partial charge in [-0.05, 0) is 208 Å². The molecule has 8 heterocycles. The van der Waals surface area contributed by atoms with E-state index in [0.717, 1.165) is 35.5 Å². The highest BCUT2D eigenvalue weighted by Gasteiger charge is 2.59. The van der Waals surface area contributed by atoms with Crippen LogP contribution in [0.2, 0.25) is 0 Å². The molecule has 5 saturated carbocycles. The van der Waals surface area contributed by atoms with Gasteiger partial charge in [0.2, 0.25) is 0 Å². The van der Waals surface area contributed by atoms with Crippen molar-refractivity contribution in [3.05, 3.63) is 322 Å². The van der Waals surface area contributed by atoms with E-state index in [1.807, 2.05) is 0 Å². The molecule has 5 aliphatic carbocycles. The van der Waals surface area contributed by atoms with Gasteiger partial charge in [-0.3, -0.25) is 0 Å². The number of rotatable bonds is 11. The van der Waals surface area contributed by atoms with Crippen LogP contribution in [0.25, 0.3) is 66.8 Å². The highest BCUT2D eigenvalue weighted by molar-refractivity contribution is 7.03. The fraction of sp³-hybridized carbons (Fsp3) is 0.200. The van der Waals surface area contributed by atoms with E-state index in [0.29, 0.717) is 24.2 Å². The van der Waals surface area contributed by atoms with E-state index in [1.54, 1.807) is 0 Å². The first-order valence-electron chi connectivity index (χ1n) is 42.2. The molecule has 113 heavy (non-hydrogen) atoms. The minimum Gasteiger partial charge on any atom is -0.365 e. The summed E-state index contributed by atoms with van der Waals surface area (Å²) in [6.45, 7) is -0.326. The van der Waals surface area contributed by atoms with Gasteiger partial charge >= 0.3 is 0 Å². The summed E-state index contributed by atoms with van der Waals surface area (Å²) in [7, 11) is 0. The first-order chi connectivity index (χ1) is 56.0. The maximum atomic E-state index is 4.57. The van der Waals surface area contributed by atoms with Crippen molar-refractivity contribution >= 4 is 120 Å². The van der Waals surface area contributed by atoms with E-state index in [4.69, 9.17) is 0 Å². The van der Waals surface area contributed by atoms with Crippen LogP contribution in [-0.2, 0) is 0 Å². The largest absolute Gasteiger partial charge is 0.365 e. The first kappa shape index (κ1) is 64.6. The Morgan fingerprint density at radius 3 is 1.12 bits per heavy atom. The van der Waals surface area contributed by atoms with Crippen molar-refractivity contribution in [2.24, 2.45) is 35.5 Å². The second kappa shape index (κ2) is 25.3. The average molecular weight is 1450 g/mol. The van der Waals surface area contributed by atoms with Crippen molar-refractivity contribution in [1.82, 2.24) is 0 Å². The summed E-state index contributed by atoms with van der Waals surface area (Å²) in [6.07, 6.45) is 14.5. The quantitative estimate of drug-likeness (QED) is 0.130. The Kier molecular flexibility index (Phi) is 14.5. The Balaban J connectivity index is 0.791. The third-order valence-corrected chi connectivity index (χ3v) is 29.3. The van der Waals surface area contributed by atoms with Crippen LogP contribution in [0.1, 0.15) is 70.6 Å². The van der Waals surface area contributed by atoms with Crippen LogP contribution >= 0.6 is 0 Å². The second-order valence-electron chi connectivity index (χ2n) is 34.9. The summed E-state index contributed by atoms with van der Waals surface area (Å²) in [5, 5.41) is 4.57. The number of benzene rings is 14. The summed E-state index contributed by atoms with van der Waals surface area (Å²) >= 11 is 0. The van der Waals surface area contributed by atoms with E-state index in [9.17, 15) is 0 Å². The van der Waals surface area contributed by atoms with Gasteiger partial charge in [-0.2, -0.15) is 0 Å². The number of para-hydroxylation sites is 5. The molecule has 6 atom stereocenters. The number of hydrogen-bond acceptors (Lipinski definition) is 6. The van der Waals surface area contributed by atoms with Gasteiger partial charge in [-0.25, -0.2) is 0 Å². The van der Waals surface area contributed by atoms with Crippen LogP contribution in [0.4, 0.5) is 73.9 Å². The molecule has 8 heteroatoms. The average Bonchev–Trinajstić information content (AvgIpc) is 0.681. The van der Waals surface area contributed by atoms with Gasteiger partial charge in [0.15, 0.2) is 0 Å². The van der Waals surface area contributed by atoms with Gasteiger partial charge in [0.1, 0.15) is 0 Å². The molecule has 10 bridgehead atoms. The molecule has 542 valence electrons. The first-order valence-corrected chi connectivity index (χ1v) is 42.2. The van der Waals surface area contributed by atoms with Gasteiger partial charge in [-0.1, -0.05) is 285 Å². The molecular weight excluding hydrogens is 1370 g/mol. The molecule has 0 spiro atoms. The highest BCUT2D eigenvalue weighted by atomic mass is 15.3. The van der Waals surface area contributed by atoms with Crippen molar-refractivity contribution in [3.63, 3.8) is 0 Å². The molecule has 13 aliphatic rings. The predicted molar refractivity (Wildman–Crippen MR) is 474 cm³/mol. The van der Waals surface area contributed by atoms with Crippen molar-refractivity contribution in [3.8, 4) is 66.8 Å². The van der Waals surface area contributed by atoms with Crippen molar-refractivity contribution in [1.29, 1.82) is 0 Å². The minimum atomic E-state index is -0.187. The monoisotopic (exact) mass is 1450 g/mol. The summed E-state index contributed by atoms with van der Waals surface area (Å²) in [5.41, 5.74) is 38.4. The molecule has 4 saturated heterocycles. The molecule has 8 aliphatic heterocycles. The Morgan fingerprint density at radius 2 is 0.655 bits per heavy atom. The standard InChI is InChI=1S/C105H86B2N6/c1-7-27-67(28-8-1)80-40-24-41-81(68-29-9-2-10-30-68)103(80)111-94-49-21-19-47-88(94)106-90-63-91-97(64-92(90)108-93-59-77(60-98(111)101(93)106)110-76-56-73-57-96(110)86-46-23-39-79(73)87(86)58-76)113(105-84(71-35-15-5-16-36-71)44-26-45-85(105)72-37-17-6-18-38-72)100-62-78(109-74-52-65-51-66(54-74)55-75(109)53-65)61-99-102(100)107(91)89-48-20-22-50-95(89)112(99)104-82(69-31-11-3-12-32-69)42-25-43-83(104)70-33-13-4-14-34-70/h1-22,24-38,40-45,47-50,59-66,73-76,79,86-87,96,108H,23,39,46,51-58H2. The fourth-order valence-corrected chi connectivity index (χ4v) is 25.3. The SMILES string of the molecule is c1ccc(-c2cccc(-c3ccccc3)c2N2c3ccccc3B3c4cc5c(cc4Nc4cc(N6C7CC8CC6C6CCCC8C6C7)cc2c43)N(c2c(-c3ccccc3)cccc2-c2ccccc2)c2cc(N3C4CC6CC(C4)CC3C6)cc3c2B5c2ccccc2N3c2c(-c3ccccc3)cccc2-c2ccccc2)cc1. The van der Waals surface area contributed by atoms with Crippen LogP contribution in [0.3, 0.4) is 0 Å². The van der Waals surface area contributed by atoms with Gasteiger partial charge in [0.25, 0.3) is 13.4 Å². The zero-order valence-electron chi connectivity index (χ0n) is 63.5. The number of hydrogen-bond donors (Lipinski definition) is 1. The molecule has 1 N–H and O–H groups in total. The van der Waals surface area contributed by atoms with Gasteiger partial charge in [-0.15, -0.1) is 0 Å². The van der Waals surface area contributed by atoms with Crippen molar-refractivity contribution < 1.29 is 0 Å². The Morgan fingerprint density at radius 1 is 0.265 bits per heavy atom. The Bertz CT molecular complexity index is 5970. The van der Waals surface area contributed by atoms with E-state index in [2.05, 4.69) is 351 Å². The fourth-order valence-electron chi connectivity index (χ4n) is 25.3. The molecule has 9 fully saturated rings. The van der Waals surface area contributed by atoms with Crippen LogP contribution < -0.4 is 62.6 Å². The molecule has 6 nitrogen and oxygen atoms in total. The normalized spacial score (nSPS) is 23.0. The van der Waals surface area contributed by atoms with E-state index in [1.165, 1.54) is 244 Å². The third-order valence-electron chi connectivity index (χ3n) is 29.3. The number of nitrogens with one attached hydrogen (secondary N) is 1. The number of fused-ring (bicyclic) bond motifs is 8.